The molecule has 30 heterocycles. The zero-order valence-electron chi connectivity index (χ0n) is 46.0. The van der Waals surface area contributed by atoms with Crippen LogP contribution in [0.25, 0.3) is 0 Å². The van der Waals surface area contributed by atoms with E-state index in [-0.39, 0.29) is 0 Å². The lowest BCUT2D eigenvalue weighted by atomic mass is 9.94. The molecule has 0 spiro atoms. The van der Waals surface area contributed by atoms with Crippen molar-refractivity contribution in [2.45, 2.75) is 246 Å². The predicted molar refractivity (Wildman–Crippen MR) is 261 cm³/mol. The van der Waals surface area contributed by atoms with Gasteiger partial charge in [0.15, 0.2) is 50.3 Å². The third kappa shape index (κ3) is 13.8. The van der Waals surface area contributed by atoms with Gasteiger partial charge in [-0.2, -0.15) is 0 Å². The number of hydrogen-bond acceptors (Lipinski definition) is 40. The molecule has 40 heteroatoms. The van der Waals surface area contributed by atoms with Gasteiger partial charge in [-0.05, 0) is 0 Å². The van der Waals surface area contributed by atoms with Crippen LogP contribution in [-0.2, 0) is 75.8 Å². The van der Waals surface area contributed by atoms with Crippen molar-refractivity contribution in [1.29, 1.82) is 0 Å². The molecule has 16 bridgehead atoms. The molecule has 24 N–H and O–H groups in total. The Balaban J connectivity index is 0.975. The van der Waals surface area contributed by atoms with Crippen LogP contribution in [0.1, 0.15) is 0 Å². The highest BCUT2D eigenvalue weighted by atomic mass is 16.8. The molecule has 88 heavy (non-hydrogen) atoms. The first-order chi connectivity index (χ1) is 41.9. The van der Waals surface area contributed by atoms with Gasteiger partial charge in [-0.15, -0.1) is 0 Å². The molecular weight excluding hydrogens is 1220 g/mol. The fraction of sp³-hybridized carbons (Fsp3) is 1.00. The average molecular weight is 1300 g/mol. The molecule has 24 unspecified atom stereocenters. The summed E-state index contributed by atoms with van der Waals surface area (Å²) in [4.78, 5) is 0. The maximum atomic E-state index is 11.4. The molecular formula is C48H80O40. The highest BCUT2D eigenvalue weighted by Crippen LogP contribution is 2.40. The molecule has 0 aromatic carbocycles. The topological polar surface area (TPSA) is 633 Å². The van der Waals surface area contributed by atoms with Crippen LogP contribution in [0.15, 0.2) is 0 Å². The van der Waals surface area contributed by atoms with E-state index < -0.39 is 299 Å². The van der Waals surface area contributed by atoms with Gasteiger partial charge in [-0.3, -0.25) is 0 Å². The first kappa shape index (κ1) is 70.7. The summed E-state index contributed by atoms with van der Waals surface area (Å²) in [5, 5.41) is 265. The number of rotatable bonds is 8. The summed E-state index contributed by atoms with van der Waals surface area (Å²) >= 11 is 0. The summed E-state index contributed by atoms with van der Waals surface area (Å²) in [5.74, 6) is 0. The second kappa shape index (κ2) is 30.0. The van der Waals surface area contributed by atoms with Crippen molar-refractivity contribution < 1.29 is 198 Å². The van der Waals surface area contributed by atoms with Crippen LogP contribution < -0.4 is 0 Å². The van der Waals surface area contributed by atoms with Gasteiger partial charge < -0.3 is 198 Å². The van der Waals surface area contributed by atoms with E-state index in [9.17, 15) is 123 Å². The van der Waals surface area contributed by atoms with E-state index in [1.54, 1.807) is 0 Å². The molecule has 512 valence electrons. The van der Waals surface area contributed by atoms with Gasteiger partial charge >= 0.3 is 0 Å². The van der Waals surface area contributed by atoms with Crippen LogP contribution in [0.2, 0.25) is 0 Å². The monoisotopic (exact) mass is 1300 g/mol. The lowest BCUT2D eigenvalue weighted by Crippen LogP contribution is -2.69. The Labute approximate surface area is 496 Å². The zero-order valence-corrected chi connectivity index (χ0v) is 46.0. The van der Waals surface area contributed by atoms with E-state index >= 15 is 0 Å². The van der Waals surface area contributed by atoms with Crippen molar-refractivity contribution in [2.24, 2.45) is 0 Å². The van der Waals surface area contributed by atoms with Gasteiger partial charge in [0.05, 0.1) is 52.9 Å². The standard InChI is InChI=1S/C48H80O40/c49-1-9-33-17(57)25(65)41(73-9)82-34-10(2-50)75-43(27(67)19(34)59)84-36-12(4-52)77-45(29(69)21(36)61)86-38-14(6-54)79-47(31(71)23(38)63)88-40-16(8-56)80-48(32(72)24(40)64)87-39-15(7-55)78-46(30(70)22(39)62)85-37-13(5-53)76-44(28(68)20(37)60)83-35-11(3-51)74-42(81-33)26(66)18(35)58/h9-72H,1-8H2/t9?,10?,11?,12?,13?,14?,15?,16?,17-,18?,19?,20?,21?,22?,23?,24?,25?,26?,27?,28?,29?,30?,31?,32?,33?,34+,35+,36+,37+,38+,39+,40+,41+,42+,43+,44-,45+,46+,47+,48+/m0/s1. The minimum absolute atomic E-state index is 1.08. The fourth-order valence-corrected chi connectivity index (χ4v) is 11.9. The highest BCUT2D eigenvalue weighted by Gasteiger charge is 2.60. The van der Waals surface area contributed by atoms with Gasteiger partial charge in [0.25, 0.3) is 0 Å². The summed E-state index contributed by atoms with van der Waals surface area (Å²) in [6.45, 7) is -8.64. The minimum Gasteiger partial charge on any atom is -0.394 e. The van der Waals surface area contributed by atoms with Crippen LogP contribution in [0.4, 0.5) is 0 Å². The van der Waals surface area contributed by atoms with Crippen LogP contribution in [0, 0.1) is 0 Å². The molecule has 30 rings (SSSR count). The number of hydrogen-bond donors (Lipinski definition) is 24. The Hall–Kier alpha value is -1.60. The normalized spacial score (nSPS) is 55.4. The van der Waals surface area contributed by atoms with Crippen molar-refractivity contribution in [3.05, 3.63) is 0 Å². The lowest BCUT2D eigenvalue weighted by molar-refractivity contribution is -0.404. The van der Waals surface area contributed by atoms with E-state index in [0.717, 1.165) is 0 Å². The first-order valence-corrected chi connectivity index (χ1v) is 28.1. The van der Waals surface area contributed by atoms with Crippen molar-refractivity contribution in [3.63, 3.8) is 0 Å². The van der Waals surface area contributed by atoms with E-state index in [1.807, 2.05) is 0 Å². The summed E-state index contributed by atoms with van der Waals surface area (Å²) in [7, 11) is 0. The molecule has 30 aliphatic rings. The quantitative estimate of drug-likeness (QED) is 0.107. The zero-order chi connectivity index (χ0) is 64.1. The second-order valence-corrected chi connectivity index (χ2v) is 22.5. The summed E-state index contributed by atoms with van der Waals surface area (Å²) < 4.78 is 91.1. The van der Waals surface area contributed by atoms with E-state index in [2.05, 4.69) is 0 Å². The molecule has 40 nitrogen and oxygen atoms in total. The number of ether oxygens (including phenoxy) is 16. The third-order valence-corrected chi connectivity index (χ3v) is 16.9. The Morgan fingerprint density at radius 3 is 0.307 bits per heavy atom. The van der Waals surface area contributed by atoms with Crippen LogP contribution >= 0.6 is 0 Å². The van der Waals surface area contributed by atoms with Crippen LogP contribution in [0.3, 0.4) is 0 Å². The van der Waals surface area contributed by atoms with Crippen LogP contribution in [0.5, 0.6) is 0 Å². The van der Waals surface area contributed by atoms with E-state index in [4.69, 9.17) is 75.8 Å². The van der Waals surface area contributed by atoms with Crippen molar-refractivity contribution in [2.75, 3.05) is 52.9 Å². The SMILES string of the molecule is OCC1O[C@@H]2O[C@@H]3C(CO)O[C@H](O[C@@H]4C(CO)O[C@H](O[C@@H]5C(CO)O[C@H](O[C@@H]6C(CO)O[C@H](O[C@@H]7C(CO)O[C@H](O[C@@H]8C(CO)O[C@@H](O[C@@H]9C(CO)O[C@H](OC1[C@@H](O)C2O)C(O)C9O)C(O)C8O)C(O)C7O)C(O)C6O)C(O)C5O)C(O)C4O)C(O)C3O. The largest absolute Gasteiger partial charge is 0.394 e. The highest BCUT2D eigenvalue weighted by molar-refractivity contribution is 5.02. The van der Waals surface area contributed by atoms with Crippen molar-refractivity contribution >= 4 is 0 Å². The maximum Gasteiger partial charge on any atom is 0.187 e. The maximum absolute atomic E-state index is 11.4. The Morgan fingerprint density at radius 1 is 0.136 bits per heavy atom. The third-order valence-electron chi connectivity index (χ3n) is 16.9. The Kier molecular flexibility index (Phi) is 24.1. The van der Waals surface area contributed by atoms with Gasteiger partial charge in [0, 0.05) is 0 Å². The lowest BCUT2D eigenvalue weighted by Gasteiger charge is -2.50. The Bertz CT molecular complexity index is 1700. The van der Waals surface area contributed by atoms with Gasteiger partial charge in [-0.1, -0.05) is 0 Å². The average Bonchev–Trinajstić information content (AvgIpc) is 0.985. The van der Waals surface area contributed by atoms with Gasteiger partial charge in [0.1, 0.15) is 195 Å². The summed E-state index contributed by atoms with van der Waals surface area (Å²) in [6.07, 6.45) is -82.0. The fourth-order valence-electron chi connectivity index (χ4n) is 11.9. The van der Waals surface area contributed by atoms with Crippen LogP contribution in [-0.4, -0.2) is 421 Å². The summed E-state index contributed by atoms with van der Waals surface area (Å²) in [5.41, 5.74) is 0. The molecule has 0 amide bonds. The summed E-state index contributed by atoms with van der Waals surface area (Å²) in [6, 6.07) is 0. The molecule has 0 aliphatic carbocycles. The second-order valence-electron chi connectivity index (χ2n) is 22.5. The molecule has 40 atom stereocenters. The Morgan fingerprint density at radius 2 is 0.227 bits per heavy atom. The minimum atomic E-state index is -2.25. The van der Waals surface area contributed by atoms with E-state index in [1.165, 1.54) is 0 Å². The number of aliphatic hydroxyl groups is 24. The van der Waals surface area contributed by atoms with Crippen molar-refractivity contribution in [1.82, 2.24) is 0 Å². The molecule has 0 radical (unpaired) electrons. The molecule has 30 saturated heterocycles. The first-order valence-electron chi connectivity index (χ1n) is 28.1. The molecule has 0 aromatic heterocycles. The van der Waals surface area contributed by atoms with Gasteiger partial charge in [-0.25, -0.2) is 0 Å². The van der Waals surface area contributed by atoms with Crippen molar-refractivity contribution in [3.8, 4) is 0 Å². The smallest absolute Gasteiger partial charge is 0.187 e. The van der Waals surface area contributed by atoms with E-state index in [0.29, 0.717) is 0 Å². The molecule has 0 saturated carbocycles. The molecule has 0 aromatic rings. The predicted octanol–water partition coefficient (Wildman–Crippen LogP) is -17.4. The number of aliphatic hydroxyl groups excluding tert-OH is 24. The van der Waals surface area contributed by atoms with Gasteiger partial charge in [0.2, 0.25) is 0 Å². The molecule has 30 aliphatic heterocycles. The molecule has 30 fully saturated rings.